The molecule has 1 aliphatic heterocycles. The highest BCUT2D eigenvalue weighted by atomic mass is 79.9. The molecule has 0 aromatic carbocycles. The maximum Gasteiger partial charge on any atom is 0.257 e. The lowest BCUT2D eigenvalue weighted by Gasteiger charge is -2.13. The Morgan fingerprint density at radius 3 is 3.00 bits per heavy atom. The minimum atomic E-state index is 0.0834. The van der Waals surface area contributed by atoms with Gasteiger partial charge in [-0.2, -0.15) is 5.10 Å². The maximum atomic E-state index is 11.9. The summed E-state index contributed by atoms with van der Waals surface area (Å²) in [5, 5.41) is 3.99. The fourth-order valence-electron chi connectivity index (χ4n) is 1.62. The molecule has 0 aliphatic carbocycles. The summed E-state index contributed by atoms with van der Waals surface area (Å²) in [7, 11) is 1.81. The third-order valence-electron chi connectivity index (χ3n) is 2.37. The molecule has 0 bridgehead atoms. The van der Waals surface area contributed by atoms with Crippen molar-refractivity contribution in [3.05, 3.63) is 18.0 Å². The Balaban J connectivity index is 2.09. The van der Waals surface area contributed by atoms with Crippen molar-refractivity contribution in [2.45, 2.75) is 11.2 Å². The Morgan fingerprint density at radius 1 is 1.71 bits per heavy atom. The van der Waals surface area contributed by atoms with E-state index in [1.807, 2.05) is 11.9 Å². The highest BCUT2D eigenvalue weighted by Gasteiger charge is 2.25. The first-order valence-electron chi connectivity index (χ1n) is 4.59. The Hall–Kier alpha value is -0.840. The van der Waals surface area contributed by atoms with Crippen LogP contribution < -0.4 is 0 Å². The van der Waals surface area contributed by atoms with E-state index in [0.29, 0.717) is 10.4 Å². The number of aryl methyl sites for hydroxylation is 1. The van der Waals surface area contributed by atoms with Gasteiger partial charge in [0, 0.05) is 31.2 Å². The minimum Gasteiger partial charge on any atom is -0.337 e. The first-order valence-corrected chi connectivity index (χ1v) is 5.50. The molecule has 1 aromatic rings. The number of likely N-dealkylation sites (tertiary alicyclic amines) is 1. The van der Waals surface area contributed by atoms with Gasteiger partial charge in [0.05, 0.1) is 11.8 Å². The second-order valence-corrected chi connectivity index (χ2v) is 4.83. The van der Waals surface area contributed by atoms with Gasteiger partial charge in [-0.1, -0.05) is 15.9 Å². The Bertz CT molecular complexity index is 350. The van der Waals surface area contributed by atoms with Crippen LogP contribution >= 0.6 is 15.9 Å². The van der Waals surface area contributed by atoms with E-state index in [9.17, 15) is 4.79 Å². The largest absolute Gasteiger partial charge is 0.337 e. The summed E-state index contributed by atoms with van der Waals surface area (Å²) in [6, 6.07) is 0. The van der Waals surface area contributed by atoms with Crippen LogP contribution in [0, 0.1) is 0 Å². The third kappa shape index (κ3) is 1.82. The third-order valence-corrected chi connectivity index (χ3v) is 3.12. The molecule has 14 heavy (non-hydrogen) atoms. The fraction of sp³-hybridized carbons (Fsp3) is 0.556. The van der Waals surface area contributed by atoms with E-state index in [1.54, 1.807) is 17.1 Å². The van der Waals surface area contributed by atoms with Gasteiger partial charge < -0.3 is 4.90 Å². The Labute approximate surface area is 91.0 Å². The van der Waals surface area contributed by atoms with E-state index >= 15 is 0 Å². The van der Waals surface area contributed by atoms with Crippen LogP contribution in [0.4, 0.5) is 0 Å². The van der Waals surface area contributed by atoms with Crippen LogP contribution in [0.5, 0.6) is 0 Å². The molecule has 4 nitrogen and oxygen atoms in total. The van der Waals surface area contributed by atoms with E-state index in [0.717, 1.165) is 19.5 Å². The van der Waals surface area contributed by atoms with E-state index in [1.165, 1.54) is 0 Å². The minimum absolute atomic E-state index is 0.0834. The molecule has 1 aromatic heterocycles. The zero-order chi connectivity index (χ0) is 10.1. The fourth-order valence-corrected chi connectivity index (χ4v) is 2.17. The normalized spacial score (nSPS) is 21.6. The van der Waals surface area contributed by atoms with Gasteiger partial charge >= 0.3 is 0 Å². The molecule has 0 N–H and O–H groups in total. The Morgan fingerprint density at radius 2 is 2.50 bits per heavy atom. The van der Waals surface area contributed by atoms with Gasteiger partial charge in [0.1, 0.15) is 0 Å². The number of rotatable bonds is 1. The molecule has 1 aliphatic rings. The number of carbonyl (C=O) groups excluding carboxylic acids is 1. The van der Waals surface area contributed by atoms with E-state index in [2.05, 4.69) is 21.0 Å². The van der Waals surface area contributed by atoms with Crippen molar-refractivity contribution < 1.29 is 4.79 Å². The standard InChI is InChI=1S/C9H12BrN3O/c1-12-5-7(4-11-12)9(14)13-3-2-8(10)6-13/h4-5,8H,2-3,6H2,1H3. The molecule has 2 rings (SSSR count). The molecule has 0 radical (unpaired) electrons. The average molecular weight is 258 g/mol. The number of hydrogen-bond donors (Lipinski definition) is 0. The summed E-state index contributed by atoms with van der Waals surface area (Å²) in [5.41, 5.74) is 0.675. The summed E-state index contributed by atoms with van der Waals surface area (Å²) in [6.07, 6.45) is 4.40. The monoisotopic (exact) mass is 257 g/mol. The van der Waals surface area contributed by atoms with Gasteiger partial charge in [-0.05, 0) is 6.42 Å². The molecule has 1 amide bonds. The van der Waals surface area contributed by atoms with Gasteiger partial charge in [0.2, 0.25) is 0 Å². The van der Waals surface area contributed by atoms with Crippen LogP contribution in [0.25, 0.3) is 0 Å². The molecular formula is C9H12BrN3O. The number of alkyl halides is 1. The van der Waals surface area contributed by atoms with Crippen molar-refractivity contribution >= 4 is 21.8 Å². The lowest BCUT2D eigenvalue weighted by Crippen LogP contribution is -2.28. The van der Waals surface area contributed by atoms with Crippen molar-refractivity contribution in [2.75, 3.05) is 13.1 Å². The van der Waals surface area contributed by atoms with E-state index in [4.69, 9.17) is 0 Å². The summed E-state index contributed by atoms with van der Waals surface area (Å²) in [4.78, 5) is 14.2. The van der Waals surface area contributed by atoms with Crippen molar-refractivity contribution in [3.8, 4) is 0 Å². The molecular weight excluding hydrogens is 246 g/mol. The summed E-state index contributed by atoms with van der Waals surface area (Å²) in [5.74, 6) is 0.0834. The highest BCUT2D eigenvalue weighted by molar-refractivity contribution is 9.09. The van der Waals surface area contributed by atoms with Gasteiger partial charge in [-0.15, -0.1) is 0 Å². The van der Waals surface area contributed by atoms with Crippen LogP contribution in [-0.2, 0) is 7.05 Å². The van der Waals surface area contributed by atoms with Gasteiger partial charge in [0.25, 0.3) is 5.91 Å². The molecule has 76 valence electrons. The molecule has 0 saturated carbocycles. The highest BCUT2D eigenvalue weighted by Crippen LogP contribution is 2.18. The van der Waals surface area contributed by atoms with Crippen LogP contribution in [0.1, 0.15) is 16.8 Å². The average Bonchev–Trinajstić information content (AvgIpc) is 2.73. The predicted molar refractivity (Wildman–Crippen MR) is 56.4 cm³/mol. The molecule has 1 atom stereocenters. The second-order valence-electron chi connectivity index (χ2n) is 3.54. The van der Waals surface area contributed by atoms with Crippen molar-refractivity contribution in [2.24, 2.45) is 7.05 Å². The van der Waals surface area contributed by atoms with Crippen LogP contribution in [0.3, 0.4) is 0 Å². The topological polar surface area (TPSA) is 38.1 Å². The number of carbonyl (C=O) groups is 1. The first kappa shape index (κ1) is 9.71. The zero-order valence-corrected chi connectivity index (χ0v) is 9.57. The number of amides is 1. The van der Waals surface area contributed by atoms with Gasteiger partial charge in [-0.3, -0.25) is 9.48 Å². The lowest BCUT2D eigenvalue weighted by molar-refractivity contribution is 0.0793. The quantitative estimate of drug-likeness (QED) is 0.705. The van der Waals surface area contributed by atoms with Crippen LogP contribution in [-0.4, -0.2) is 38.5 Å². The zero-order valence-electron chi connectivity index (χ0n) is 7.98. The molecule has 1 unspecified atom stereocenters. The Kier molecular flexibility index (Phi) is 2.58. The maximum absolute atomic E-state index is 11.9. The molecule has 1 fully saturated rings. The summed E-state index contributed by atoms with van der Waals surface area (Å²) in [6.45, 7) is 1.64. The number of hydrogen-bond acceptors (Lipinski definition) is 2. The number of aromatic nitrogens is 2. The SMILES string of the molecule is Cn1cc(C(=O)N2CCC(Br)C2)cn1. The van der Waals surface area contributed by atoms with Gasteiger partial charge in [0.15, 0.2) is 0 Å². The second kappa shape index (κ2) is 3.73. The van der Waals surface area contributed by atoms with Crippen molar-refractivity contribution in [1.29, 1.82) is 0 Å². The lowest BCUT2D eigenvalue weighted by atomic mass is 10.3. The number of nitrogens with zero attached hydrogens (tertiary/aromatic N) is 3. The number of halogens is 1. The first-order chi connectivity index (χ1) is 6.66. The summed E-state index contributed by atoms with van der Waals surface area (Å²) < 4.78 is 1.65. The van der Waals surface area contributed by atoms with E-state index in [-0.39, 0.29) is 5.91 Å². The van der Waals surface area contributed by atoms with Gasteiger partial charge in [-0.25, -0.2) is 0 Å². The molecule has 5 heteroatoms. The van der Waals surface area contributed by atoms with Crippen LogP contribution in [0.15, 0.2) is 12.4 Å². The van der Waals surface area contributed by atoms with Crippen molar-refractivity contribution in [3.63, 3.8) is 0 Å². The predicted octanol–water partition coefficient (Wildman–Crippen LogP) is 1.03. The van der Waals surface area contributed by atoms with Crippen LogP contribution in [0.2, 0.25) is 0 Å². The molecule has 0 spiro atoms. The van der Waals surface area contributed by atoms with E-state index < -0.39 is 0 Å². The molecule has 1 saturated heterocycles. The van der Waals surface area contributed by atoms with Crippen molar-refractivity contribution in [1.82, 2.24) is 14.7 Å². The smallest absolute Gasteiger partial charge is 0.257 e. The summed E-state index contributed by atoms with van der Waals surface area (Å²) >= 11 is 3.51. The molecule has 2 heterocycles.